The number of hydrogen-bond acceptors (Lipinski definition) is 5. The molecule has 124 valence electrons. The summed E-state index contributed by atoms with van der Waals surface area (Å²) < 4.78 is 0. The minimum atomic E-state index is -0.233. The molecule has 3 rings (SSSR count). The van der Waals surface area contributed by atoms with Crippen LogP contribution in [0.15, 0.2) is 52.8 Å². The maximum Gasteiger partial charge on any atom is 0.233 e. The van der Waals surface area contributed by atoms with Crippen LogP contribution in [0.1, 0.15) is 6.92 Å². The highest BCUT2D eigenvalue weighted by Crippen LogP contribution is 2.37. The first-order valence-corrected chi connectivity index (χ1v) is 10.1. The average Bonchev–Trinajstić information content (AvgIpc) is 3.31. The molecule has 2 N–H and O–H groups in total. The number of nitrogens with zero attached hydrogens (tertiary/aromatic N) is 1. The van der Waals surface area contributed by atoms with E-state index in [1.54, 1.807) is 28.7 Å². The second-order valence-corrected chi connectivity index (χ2v) is 8.24. The first-order chi connectivity index (χ1) is 11.7. The fraction of sp³-hybridized carbons (Fsp3) is 0.176. The van der Waals surface area contributed by atoms with E-state index in [0.717, 1.165) is 26.3 Å². The number of aromatic amines is 1. The molecule has 0 unspecified atom stereocenters. The van der Waals surface area contributed by atoms with Gasteiger partial charge in [-0.25, -0.2) is 4.98 Å². The fourth-order valence-corrected chi connectivity index (χ4v) is 4.41. The van der Waals surface area contributed by atoms with E-state index >= 15 is 0 Å². The molecule has 4 nitrogen and oxygen atoms in total. The van der Waals surface area contributed by atoms with Crippen molar-refractivity contribution in [3.63, 3.8) is 0 Å². The van der Waals surface area contributed by atoms with Crippen LogP contribution in [0.2, 0.25) is 0 Å². The molecule has 3 heterocycles. The zero-order valence-electron chi connectivity index (χ0n) is 13.1. The Morgan fingerprint density at radius 3 is 2.71 bits per heavy atom. The molecule has 0 fully saturated rings. The smallest absolute Gasteiger partial charge is 0.233 e. The van der Waals surface area contributed by atoms with E-state index in [0.29, 0.717) is 6.54 Å². The second kappa shape index (κ2) is 7.83. The SMILES string of the molecule is C=CCNC(=O)[C@@H](C)Sc1nc(-c2cccs2)c(-c2cccs2)[nH]1. The fourth-order valence-electron chi connectivity index (χ4n) is 2.14. The van der Waals surface area contributed by atoms with Gasteiger partial charge in [0.25, 0.3) is 0 Å². The van der Waals surface area contributed by atoms with E-state index in [1.807, 2.05) is 29.8 Å². The van der Waals surface area contributed by atoms with Crippen LogP contribution in [0, 0.1) is 0 Å². The van der Waals surface area contributed by atoms with Gasteiger partial charge in [0.05, 0.1) is 20.7 Å². The highest BCUT2D eigenvalue weighted by molar-refractivity contribution is 8.00. The Balaban J connectivity index is 1.86. The highest BCUT2D eigenvalue weighted by Gasteiger charge is 2.20. The number of rotatable bonds is 7. The van der Waals surface area contributed by atoms with Gasteiger partial charge in [0.15, 0.2) is 5.16 Å². The number of thiophene rings is 2. The lowest BCUT2D eigenvalue weighted by Gasteiger charge is -2.08. The Bertz CT molecular complexity index is 755. The van der Waals surface area contributed by atoms with Crippen molar-refractivity contribution in [1.82, 2.24) is 15.3 Å². The van der Waals surface area contributed by atoms with Gasteiger partial charge in [0, 0.05) is 6.54 Å². The summed E-state index contributed by atoms with van der Waals surface area (Å²) in [6, 6.07) is 8.18. The van der Waals surface area contributed by atoms with E-state index in [2.05, 4.69) is 29.0 Å². The lowest BCUT2D eigenvalue weighted by atomic mass is 10.2. The lowest BCUT2D eigenvalue weighted by molar-refractivity contribution is -0.120. The molecule has 0 saturated heterocycles. The molecule has 3 aromatic heterocycles. The summed E-state index contributed by atoms with van der Waals surface area (Å²) in [7, 11) is 0. The van der Waals surface area contributed by atoms with E-state index in [4.69, 9.17) is 4.98 Å². The van der Waals surface area contributed by atoms with Gasteiger partial charge in [-0.2, -0.15) is 0 Å². The molecule has 0 aliphatic carbocycles. The van der Waals surface area contributed by atoms with E-state index < -0.39 is 0 Å². The number of carbonyl (C=O) groups excluding carboxylic acids is 1. The molecule has 0 aromatic carbocycles. The van der Waals surface area contributed by atoms with Crippen LogP contribution in [-0.2, 0) is 4.79 Å². The number of nitrogens with one attached hydrogen (secondary N) is 2. The van der Waals surface area contributed by atoms with Gasteiger partial charge in [-0.3, -0.25) is 4.79 Å². The maximum absolute atomic E-state index is 12.0. The standard InChI is InChI=1S/C17H17N3OS3/c1-3-8-18-16(21)11(2)24-17-19-14(12-6-4-9-22-12)15(20-17)13-7-5-10-23-13/h3-7,9-11H,1,8H2,2H3,(H,18,21)(H,19,20)/t11-/m1/s1. The van der Waals surface area contributed by atoms with Gasteiger partial charge in [0.1, 0.15) is 5.69 Å². The van der Waals surface area contributed by atoms with Crippen LogP contribution >= 0.6 is 34.4 Å². The summed E-state index contributed by atoms with van der Waals surface area (Å²) >= 11 is 4.76. The van der Waals surface area contributed by atoms with Crippen LogP contribution in [0.3, 0.4) is 0 Å². The van der Waals surface area contributed by atoms with Gasteiger partial charge < -0.3 is 10.3 Å². The molecule has 7 heteroatoms. The third-order valence-electron chi connectivity index (χ3n) is 3.28. The first-order valence-electron chi connectivity index (χ1n) is 7.42. The third kappa shape index (κ3) is 3.80. The first kappa shape index (κ1) is 17.0. The predicted octanol–water partition coefficient (Wildman–Crippen LogP) is 4.65. The van der Waals surface area contributed by atoms with Crippen LogP contribution in [-0.4, -0.2) is 27.7 Å². The van der Waals surface area contributed by atoms with Crippen LogP contribution in [0.4, 0.5) is 0 Å². The van der Waals surface area contributed by atoms with Crippen molar-refractivity contribution in [2.24, 2.45) is 0 Å². The molecule has 3 aromatic rings. The maximum atomic E-state index is 12.0. The molecule has 0 saturated carbocycles. The van der Waals surface area contributed by atoms with Crippen LogP contribution in [0.5, 0.6) is 0 Å². The van der Waals surface area contributed by atoms with Crippen molar-refractivity contribution < 1.29 is 4.79 Å². The Kier molecular flexibility index (Phi) is 5.55. The molecule has 0 spiro atoms. The number of thioether (sulfide) groups is 1. The zero-order chi connectivity index (χ0) is 16.9. The summed E-state index contributed by atoms with van der Waals surface area (Å²) in [6.45, 7) is 5.96. The zero-order valence-corrected chi connectivity index (χ0v) is 15.6. The van der Waals surface area contributed by atoms with Crippen molar-refractivity contribution in [2.75, 3.05) is 6.54 Å². The molecule has 1 atom stereocenters. The summed E-state index contributed by atoms with van der Waals surface area (Å²) in [5.74, 6) is -0.0216. The molecular weight excluding hydrogens is 358 g/mol. The predicted molar refractivity (Wildman–Crippen MR) is 104 cm³/mol. The molecule has 0 aliphatic heterocycles. The molecule has 24 heavy (non-hydrogen) atoms. The number of amides is 1. The summed E-state index contributed by atoms with van der Waals surface area (Å²) in [6.07, 6.45) is 1.67. The van der Waals surface area contributed by atoms with Crippen molar-refractivity contribution in [3.05, 3.63) is 47.7 Å². The third-order valence-corrected chi connectivity index (χ3v) is 6.03. The van der Waals surface area contributed by atoms with Gasteiger partial charge >= 0.3 is 0 Å². The summed E-state index contributed by atoms with van der Waals surface area (Å²) in [5.41, 5.74) is 1.95. The highest BCUT2D eigenvalue weighted by atomic mass is 32.2. The Labute approximate surface area is 153 Å². The van der Waals surface area contributed by atoms with Gasteiger partial charge in [-0.15, -0.1) is 29.3 Å². The van der Waals surface area contributed by atoms with E-state index in [9.17, 15) is 4.79 Å². The Morgan fingerprint density at radius 1 is 1.38 bits per heavy atom. The minimum absolute atomic E-state index is 0.0216. The topological polar surface area (TPSA) is 57.8 Å². The number of aromatic nitrogens is 2. The minimum Gasteiger partial charge on any atom is -0.352 e. The van der Waals surface area contributed by atoms with Gasteiger partial charge in [-0.05, 0) is 29.8 Å². The normalized spacial score (nSPS) is 12.0. The van der Waals surface area contributed by atoms with Crippen molar-refractivity contribution in [3.8, 4) is 21.1 Å². The quantitative estimate of drug-likeness (QED) is 0.467. The number of carbonyl (C=O) groups is 1. The van der Waals surface area contributed by atoms with E-state index in [-0.39, 0.29) is 11.2 Å². The van der Waals surface area contributed by atoms with Crippen molar-refractivity contribution >= 4 is 40.3 Å². The van der Waals surface area contributed by atoms with Gasteiger partial charge in [0.2, 0.25) is 5.91 Å². The van der Waals surface area contributed by atoms with Gasteiger partial charge in [-0.1, -0.05) is 30.0 Å². The second-order valence-electron chi connectivity index (χ2n) is 5.01. The average molecular weight is 376 g/mol. The number of imidazole rings is 1. The Morgan fingerprint density at radius 2 is 2.08 bits per heavy atom. The summed E-state index contributed by atoms with van der Waals surface area (Å²) in [4.78, 5) is 22.4. The number of H-pyrrole nitrogens is 1. The van der Waals surface area contributed by atoms with Crippen LogP contribution in [0.25, 0.3) is 21.1 Å². The number of hydrogen-bond donors (Lipinski definition) is 2. The van der Waals surface area contributed by atoms with Crippen LogP contribution < -0.4 is 5.32 Å². The molecule has 0 radical (unpaired) electrons. The lowest BCUT2D eigenvalue weighted by Crippen LogP contribution is -2.30. The Hall–Kier alpha value is -1.83. The van der Waals surface area contributed by atoms with Crippen molar-refractivity contribution in [1.29, 1.82) is 0 Å². The van der Waals surface area contributed by atoms with Crippen molar-refractivity contribution in [2.45, 2.75) is 17.3 Å². The molecule has 0 aliphatic rings. The van der Waals surface area contributed by atoms with E-state index in [1.165, 1.54) is 11.8 Å². The molecule has 0 bridgehead atoms. The largest absolute Gasteiger partial charge is 0.352 e. The summed E-state index contributed by atoms with van der Waals surface area (Å²) in [5, 5.41) is 7.42. The monoisotopic (exact) mass is 375 g/mol. The molecular formula is C17H17N3OS3. The molecule has 1 amide bonds.